The van der Waals surface area contributed by atoms with Gasteiger partial charge in [-0.1, -0.05) is 20.3 Å². The molecule has 104 valence electrons. The van der Waals surface area contributed by atoms with Gasteiger partial charge < -0.3 is 10.4 Å². The van der Waals surface area contributed by atoms with Crippen LogP contribution in [0, 0.1) is 5.92 Å². The zero-order chi connectivity index (χ0) is 14.4. The average molecular weight is 265 g/mol. The molecular formula is C13H19N3O3. The number of hydrogen-bond acceptors (Lipinski definition) is 3. The van der Waals surface area contributed by atoms with Crippen molar-refractivity contribution in [3.05, 3.63) is 24.0 Å². The van der Waals surface area contributed by atoms with E-state index in [0.717, 1.165) is 5.69 Å². The van der Waals surface area contributed by atoms with Gasteiger partial charge in [-0.15, -0.1) is 0 Å². The highest BCUT2D eigenvalue weighted by molar-refractivity contribution is 5.94. The molecule has 2 N–H and O–H groups in total. The Morgan fingerprint density at radius 1 is 1.58 bits per heavy atom. The smallest absolute Gasteiger partial charge is 0.326 e. The van der Waals surface area contributed by atoms with Gasteiger partial charge in [-0.25, -0.2) is 4.79 Å². The van der Waals surface area contributed by atoms with Crippen LogP contribution in [0.1, 0.15) is 26.0 Å². The van der Waals surface area contributed by atoms with Crippen molar-refractivity contribution in [2.75, 3.05) is 0 Å². The molecule has 0 radical (unpaired) electrons. The average Bonchev–Trinajstić information content (AvgIpc) is 2.77. The Kier molecular flexibility index (Phi) is 5.29. The highest BCUT2D eigenvalue weighted by Gasteiger charge is 2.24. The SMILES string of the molecule is CC[C@H](C)[C@H](NC(=O)/C=C/c1ccnn1C)C(=O)O. The van der Waals surface area contributed by atoms with E-state index in [1.165, 1.54) is 6.08 Å². The van der Waals surface area contributed by atoms with Crippen LogP contribution in [0.2, 0.25) is 0 Å². The summed E-state index contributed by atoms with van der Waals surface area (Å²) < 4.78 is 1.62. The normalized spacial score (nSPS) is 14.3. The molecule has 1 amide bonds. The molecule has 0 aliphatic rings. The molecule has 0 fully saturated rings. The van der Waals surface area contributed by atoms with E-state index in [1.807, 2.05) is 6.92 Å². The van der Waals surface area contributed by atoms with Crippen molar-refractivity contribution in [1.29, 1.82) is 0 Å². The summed E-state index contributed by atoms with van der Waals surface area (Å²) in [5, 5.41) is 15.5. The maximum absolute atomic E-state index is 11.7. The molecule has 19 heavy (non-hydrogen) atoms. The fourth-order valence-corrected chi connectivity index (χ4v) is 1.59. The predicted octanol–water partition coefficient (Wildman–Crippen LogP) is 1.05. The van der Waals surface area contributed by atoms with E-state index < -0.39 is 17.9 Å². The van der Waals surface area contributed by atoms with Gasteiger partial charge in [-0.2, -0.15) is 5.10 Å². The first-order valence-electron chi connectivity index (χ1n) is 6.15. The molecule has 1 aromatic rings. The van der Waals surface area contributed by atoms with Crippen LogP contribution in [-0.2, 0) is 16.6 Å². The largest absolute Gasteiger partial charge is 0.480 e. The fourth-order valence-electron chi connectivity index (χ4n) is 1.59. The Balaban J connectivity index is 2.66. The van der Waals surface area contributed by atoms with Crippen LogP contribution < -0.4 is 5.32 Å². The summed E-state index contributed by atoms with van der Waals surface area (Å²) >= 11 is 0. The summed E-state index contributed by atoms with van der Waals surface area (Å²) in [4.78, 5) is 22.8. The first-order valence-corrected chi connectivity index (χ1v) is 6.15. The molecule has 1 aromatic heterocycles. The second kappa shape index (κ2) is 6.72. The number of hydrogen-bond donors (Lipinski definition) is 2. The molecule has 0 unspecified atom stereocenters. The minimum absolute atomic E-state index is 0.119. The third kappa shape index (κ3) is 4.24. The Morgan fingerprint density at radius 2 is 2.26 bits per heavy atom. The van der Waals surface area contributed by atoms with Crippen molar-refractivity contribution in [2.24, 2.45) is 13.0 Å². The van der Waals surface area contributed by atoms with Gasteiger partial charge in [0.25, 0.3) is 0 Å². The van der Waals surface area contributed by atoms with Crippen molar-refractivity contribution in [3.8, 4) is 0 Å². The van der Waals surface area contributed by atoms with Gasteiger partial charge in [-0.3, -0.25) is 9.48 Å². The summed E-state index contributed by atoms with van der Waals surface area (Å²) in [6.45, 7) is 3.68. The number of nitrogens with zero attached hydrogens (tertiary/aromatic N) is 2. The number of carbonyl (C=O) groups is 2. The number of aryl methyl sites for hydroxylation is 1. The Hall–Kier alpha value is -2.11. The van der Waals surface area contributed by atoms with Crippen molar-refractivity contribution in [1.82, 2.24) is 15.1 Å². The Morgan fingerprint density at radius 3 is 2.74 bits per heavy atom. The fraction of sp³-hybridized carbons (Fsp3) is 0.462. The molecule has 2 atom stereocenters. The molecule has 0 saturated carbocycles. The van der Waals surface area contributed by atoms with Crippen molar-refractivity contribution < 1.29 is 14.7 Å². The molecule has 0 spiro atoms. The first-order chi connectivity index (χ1) is 8.95. The lowest BCUT2D eigenvalue weighted by molar-refractivity contribution is -0.142. The summed E-state index contributed by atoms with van der Waals surface area (Å²) in [5.41, 5.74) is 0.769. The lowest BCUT2D eigenvalue weighted by Crippen LogP contribution is -2.44. The predicted molar refractivity (Wildman–Crippen MR) is 71.3 cm³/mol. The van der Waals surface area contributed by atoms with Crippen LogP contribution in [0.4, 0.5) is 0 Å². The highest BCUT2D eigenvalue weighted by Crippen LogP contribution is 2.08. The molecule has 6 nitrogen and oxygen atoms in total. The van der Waals surface area contributed by atoms with Crippen LogP contribution in [0.3, 0.4) is 0 Å². The molecule has 6 heteroatoms. The van der Waals surface area contributed by atoms with E-state index in [1.54, 1.807) is 37.0 Å². The van der Waals surface area contributed by atoms with E-state index in [9.17, 15) is 9.59 Å². The zero-order valence-electron chi connectivity index (χ0n) is 11.3. The molecule has 0 bridgehead atoms. The quantitative estimate of drug-likeness (QED) is 0.753. The van der Waals surface area contributed by atoms with Gasteiger partial charge in [0.05, 0.1) is 5.69 Å². The number of rotatable bonds is 6. The second-order valence-corrected chi connectivity index (χ2v) is 4.42. The Labute approximate surface area is 112 Å². The van der Waals surface area contributed by atoms with Crippen molar-refractivity contribution in [3.63, 3.8) is 0 Å². The number of amides is 1. The number of carboxylic acid groups (broad SMARTS) is 1. The lowest BCUT2D eigenvalue weighted by atomic mass is 9.99. The maximum Gasteiger partial charge on any atom is 0.326 e. The highest BCUT2D eigenvalue weighted by atomic mass is 16.4. The van der Waals surface area contributed by atoms with E-state index in [0.29, 0.717) is 6.42 Å². The van der Waals surface area contributed by atoms with Crippen LogP contribution in [-0.4, -0.2) is 32.8 Å². The molecule has 0 saturated heterocycles. The van der Waals surface area contributed by atoms with Crippen LogP contribution in [0.15, 0.2) is 18.3 Å². The maximum atomic E-state index is 11.7. The molecule has 1 rings (SSSR count). The second-order valence-electron chi connectivity index (χ2n) is 4.42. The third-order valence-electron chi connectivity index (χ3n) is 3.04. The zero-order valence-corrected chi connectivity index (χ0v) is 11.3. The number of carboxylic acids is 1. The van der Waals surface area contributed by atoms with E-state index in [2.05, 4.69) is 10.4 Å². The number of aromatic nitrogens is 2. The van der Waals surface area contributed by atoms with Crippen molar-refractivity contribution >= 4 is 18.0 Å². The van der Waals surface area contributed by atoms with E-state index in [4.69, 9.17) is 5.11 Å². The minimum atomic E-state index is -1.02. The number of carbonyl (C=O) groups excluding carboxylic acids is 1. The number of aliphatic carboxylic acids is 1. The summed E-state index contributed by atoms with van der Waals surface area (Å²) in [7, 11) is 1.76. The molecule has 0 aliphatic heterocycles. The van der Waals surface area contributed by atoms with E-state index in [-0.39, 0.29) is 5.92 Å². The van der Waals surface area contributed by atoms with Gasteiger partial charge in [0.2, 0.25) is 5.91 Å². The van der Waals surface area contributed by atoms with Gasteiger partial charge in [0, 0.05) is 19.3 Å². The van der Waals surface area contributed by atoms with Crippen LogP contribution in [0.5, 0.6) is 0 Å². The van der Waals surface area contributed by atoms with Gasteiger partial charge in [-0.05, 0) is 18.1 Å². The van der Waals surface area contributed by atoms with E-state index >= 15 is 0 Å². The summed E-state index contributed by atoms with van der Waals surface area (Å²) in [6, 6.07) is 0.890. The van der Waals surface area contributed by atoms with Crippen LogP contribution in [0.25, 0.3) is 6.08 Å². The number of nitrogens with one attached hydrogen (secondary N) is 1. The summed E-state index contributed by atoms with van der Waals surface area (Å²) in [6.07, 6.45) is 5.21. The molecule has 0 aromatic carbocycles. The lowest BCUT2D eigenvalue weighted by Gasteiger charge is -2.19. The molecular weight excluding hydrogens is 246 g/mol. The molecule has 1 heterocycles. The standard InChI is InChI=1S/C13H19N3O3/c1-4-9(2)12(13(18)19)15-11(17)6-5-10-7-8-14-16(10)3/h5-9,12H,4H2,1-3H3,(H,15,17)(H,18,19)/b6-5+/t9-,12-/m0/s1. The van der Waals surface area contributed by atoms with Crippen LogP contribution >= 0.6 is 0 Å². The monoisotopic (exact) mass is 265 g/mol. The third-order valence-corrected chi connectivity index (χ3v) is 3.04. The first kappa shape index (κ1) is 14.9. The Bertz CT molecular complexity index is 479. The van der Waals surface area contributed by atoms with Gasteiger partial charge in [0.15, 0.2) is 0 Å². The molecule has 0 aliphatic carbocycles. The topological polar surface area (TPSA) is 84.2 Å². The minimum Gasteiger partial charge on any atom is -0.480 e. The summed E-state index contributed by atoms with van der Waals surface area (Å²) in [5.74, 6) is -1.56. The van der Waals surface area contributed by atoms with Gasteiger partial charge in [0.1, 0.15) is 6.04 Å². The van der Waals surface area contributed by atoms with Crippen molar-refractivity contribution in [2.45, 2.75) is 26.3 Å². The van der Waals surface area contributed by atoms with Gasteiger partial charge >= 0.3 is 5.97 Å².